The van der Waals surface area contributed by atoms with Crippen LogP contribution in [0.3, 0.4) is 0 Å². The van der Waals surface area contributed by atoms with Crippen LogP contribution in [0.25, 0.3) is 0 Å². The Kier molecular flexibility index (Phi) is 12.4. The monoisotopic (exact) mass is 500 g/mol. The number of carbonyl (C=O) groups excluding carboxylic acids is 2. The quantitative estimate of drug-likeness (QED) is 0.0993. The van der Waals surface area contributed by atoms with E-state index >= 15 is 0 Å². The minimum atomic E-state index is -0.420. The van der Waals surface area contributed by atoms with Gasteiger partial charge in [0.15, 0.2) is 0 Å². The lowest BCUT2D eigenvalue weighted by atomic mass is 10.1. The molecule has 5 nitrogen and oxygen atoms in total. The molecule has 0 heterocycles. The number of hydrazone groups is 1. The fraction of sp³-hybridized carbons (Fsp3) is 0.423. The molecule has 6 heteroatoms. The fourth-order valence-corrected chi connectivity index (χ4v) is 3.63. The summed E-state index contributed by atoms with van der Waals surface area (Å²) in [5.41, 5.74) is 3.84. The van der Waals surface area contributed by atoms with E-state index in [9.17, 15) is 9.59 Å². The van der Waals surface area contributed by atoms with Crippen molar-refractivity contribution in [3.8, 4) is 5.75 Å². The Morgan fingerprint density at radius 3 is 2.25 bits per heavy atom. The van der Waals surface area contributed by atoms with Crippen LogP contribution in [0.2, 0.25) is 0 Å². The van der Waals surface area contributed by atoms with E-state index in [4.69, 9.17) is 4.74 Å². The Morgan fingerprint density at radius 2 is 1.59 bits per heavy atom. The number of benzene rings is 2. The van der Waals surface area contributed by atoms with E-state index in [2.05, 4.69) is 33.4 Å². The van der Waals surface area contributed by atoms with Crippen molar-refractivity contribution in [3.05, 3.63) is 64.1 Å². The van der Waals surface area contributed by atoms with Crippen LogP contribution in [0, 0.1) is 0 Å². The van der Waals surface area contributed by atoms with Gasteiger partial charge in [0.25, 0.3) is 0 Å². The normalized spacial score (nSPS) is 10.9. The molecular weight excluding hydrogens is 468 g/mol. The zero-order valence-electron chi connectivity index (χ0n) is 18.8. The van der Waals surface area contributed by atoms with Gasteiger partial charge in [-0.15, -0.1) is 0 Å². The van der Waals surface area contributed by atoms with E-state index in [0.717, 1.165) is 22.9 Å². The maximum absolute atomic E-state index is 12.2. The van der Waals surface area contributed by atoms with E-state index in [1.807, 2.05) is 6.07 Å². The predicted octanol–water partition coefficient (Wildman–Crippen LogP) is 7.04. The first-order valence-electron chi connectivity index (χ1n) is 11.5. The van der Waals surface area contributed by atoms with Gasteiger partial charge < -0.3 is 4.74 Å². The molecule has 1 N–H and O–H groups in total. The van der Waals surface area contributed by atoms with Crippen molar-refractivity contribution in [1.29, 1.82) is 0 Å². The molecule has 0 bridgehead atoms. The van der Waals surface area contributed by atoms with Crippen LogP contribution in [0.1, 0.15) is 87.1 Å². The molecule has 0 saturated carbocycles. The number of hydrogen-bond acceptors (Lipinski definition) is 4. The number of esters is 1. The molecule has 0 fully saturated rings. The molecule has 2 aromatic carbocycles. The summed E-state index contributed by atoms with van der Waals surface area (Å²) < 4.78 is 6.19. The smallest absolute Gasteiger partial charge is 0.343 e. The fourth-order valence-electron chi connectivity index (χ4n) is 3.23. The summed E-state index contributed by atoms with van der Waals surface area (Å²) in [6.07, 6.45) is 13.1. The lowest BCUT2D eigenvalue weighted by molar-refractivity contribution is -0.121. The SMILES string of the molecule is CCCCCCCCCCCC(=O)NN=Cc1ccc(OC(=O)c2cccc(Br)c2)cc1. The van der Waals surface area contributed by atoms with Gasteiger partial charge in [0.1, 0.15) is 5.75 Å². The second-order valence-corrected chi connectivity index (χ2v) is 8.76. The second-order valence-electron chi connectivity index (χ2n) is 7.84. The summed E-state index contributed by atoms with van der Waals surface area (Å²) in [5, 5.41) is 4.01. The Balaban J connectivity index is 1.62. The lowest BCUT2D eigenvalue weighted by Crippen LogP contribution is -2.16. The molecule has 0 aliphatic heterocycles. The summed E-state index contributed by atoms with van der Waals surface area (Å²) in [4.78, 5) is 24.1. The molecule has 0 saturated heterocycles. The van der Waals surface area contributed by atoms with Gasteiger partial charge in [-0.1, -0.05) is 80.3 Å². The van der Waals surface area contributed by atoms with Crippen molar-refractivity contribution in [3.63, 3.8) is 0 Å². The van der Waals surface area contributed by atoms with Crippen LogP contribution >= 0.6 is 15.9 Å². The van der Waals surface area contributed by atoms with Crippen molar-refractivity contribution in [2.24, 2.45) is 5.10 Å². The molecule has 172 valence electrons. The van der Waals surface area contributed by atoms with Gasteiger partial charge in [0.2, 0.25) is 5.91 Å². The number of halogens is 1. The summed E-state index contributed by atoms with van der Waals surface area (Å²) in [6, 6.07) is 14.0. The number of ether oxygens (including phenoxy) is 1. The number of nitrogens with one attached hydrogen (secondary N) is 1. The van der Waals surface area contributed by atoms with Gasteiger partial charge in [-0.2, -0.15) is 5.10 Å². The maximum atomic E-state index is 12.2. The molecule has 2 aromatic rings. The number of carbonyl (C=O) groups is 2. The molecule has 2 rings (SSSR count). The molecule has 0 spiro atoms. The van der Waals surface area contributed by atoms with E-state index in [0.29, 0.717) is 17.7 Å². The third-order valence-corrected chi connectivity index (χ3v) is 5.55. The summed E-state index contributed by atoms with van der Waals surface area (Å²) in [5.74, 6) is -0.0400. The van der Waals surface area contributed by atoms with Crippen molar-refractivity contribution in [2.75, 3.05) is 0 Å². The number of hydrogen-bond donors (Lipinski definition) is 1. The Morgan fingerprint density at radius 1 is 0.938 bits per heavy atom. The minimum absolute atomic E-state index is 0.0660. The van der Waals surface area contributed by atoms with Gasteiger partial charge >= 0.3 is 5.97 Å². The molecule has 0 aliphatic rings. The molecule has 0 unspecified atom stereocenters. The molecule has 0 aromatic heterocycles. The highest BCUT2D eigenvalue weighted by Crippen LogP contribution is 2.16. The Hall–Kier alpha value is -2.47. The van der Waals surface area contributed by atoms with Crippen LogP contribution in [-0.4, -0.2) is 18.1 Å². The molecule has 32 heavy (non-hydrogen) atoms. The van der Waals surface area contributed by atoms with Gasteiger partial charge in [-0.05, 0) is 54.4 Å². The summed E-state index contributed by atoms with van der Waals surface area (Å²) in [6.45, 7) is 2.23. The molecule has 1 amide bonds. The van der Waals surface area contributed by atoms with Gasteiger partial charge in [0, 0.05) is 10.9 Å². The Bertz CT molecular complexity index is 866. The molecule has 0 radical (unpaired) electrons. The third kappa shape index (κ3) is 10.7. The van der Waals surface area contributed by atoms with Crippen LogP contribution in [0.15, 0.2) is 58.1 Å². The van der Waals surface area contributed by atoms with Crippen LogP contribution in [-0.2, 0) is 4.79 Å². The van der Waals surface area contributed by atoms with Gasteiger partial charge in [0.05, 0.1) is 11.8 Å². The highest BCUT2D eigenvalue weighted by atomic mass is 79.9. The van der Waals surface area contributed by atoms with Gasteiger partial charge in [-0.3, -0.25) is 4.79 Å². The average Bonchev–Trinajstić information content (AvgIpc) is 2.79. The third-order valence-electron chi connectivity index (χ3n) is 5.06. The highest BCUT2D eigenvalue weighted by Gasteiger charge is 2.08. The van der Waals surface area contributed by atoms with E-state index < -0.39 is 5.97 Å². The Labute approximate surface area is 199 Å². The largest absolute Gasteiger partial charge is 0.423 e. The maximum Gasteiger partial charge on any atom is 0.343 e. The predicted molar refractivity (Wildman–Crippen MR) is 133 cm³/mol. The van der Waals surface area contributed by atoms with Crippen LogP contribution in [0.5, 0.6) is 5.75 Å². The summed E-state index contributed by atoms with van der Waals surface area (Å²) in [7, 11) is 0. The first-order valence-corrected chi connectivity index (χ1v) is 12.3. The van der Waals surface area contributed by atoms with E-state index in [1.165, 1.54) is 44.9 Å². The van der Waals surface area contributed by atoms with Crippen molar-refractivity contribution in [1.82, 2.24) is 5.43 Å². The zero-order valence-corrected chi connectivity index (χ0v) is 20.4. The number of unbranched alkanes of at least 4 members (excludes halogenated alkanes) is 8. The lowest BCUT2D eigenvalue weighted by Gasteiger charge is -2.05. The molecule has 0 atom stereocenters. The van der Waals surface area contributed by atoms with Crippen LogP contribution in [0.4, 0.5) is 0 Å². The van der Waals surface area contributed by atoms with Crippen molar-refractivity contribution < 1.29 is 14.3 Å². The van der Waals surface area contributed by atoms with Crippen molar-refractivity contribution in [2.45, 2.75) is 71.1 Å². The number of nitrogens with zero attached hydrogens (tertiary/aromatic N) is 1. The average molecular weight is 501 g/mol. The molecular formula is C26H33BrN2O3. The topological polar surface area (TPSA) is 67.8 Å². The van der Waals surface area contributed by atoms with E-state index in [1.54, 1.807) is 48.7 Å². The second kappa shape index (κ2) is 15.4. The van der Waals surface area contributed by atoms with E-state index in [-0.39, 0.29) is 5.91 Å². The number of amides is 1. The highest BCUT2D eigenvalue weighted by molar-refractivity contribution is 9.10. The zero-order chi connectivity index (χ0) is 23.0. The van der Waals surface area contributed by atoms with Gasteiger partial charge in [-0.25, -0.2) is 10.2 Å². The summed E-state index contributed by atoms with van der Waals surface area (Å²) >= 11 is 3.34. The first-order chi connectivity index (χ1) is 15.6. The standard InChI is InChI=1S/C26H33BrN2O3/c1-2-3-4-5-6-7-8-9-10-14-25(30)29-28-20-21-15-17-24(18-16-21)32-26(31)22-12-11-13-23(27)19-22/h11-13,15-20H,2-10,14H2,1H3,(H,29,30). The number of rotatable bonds is 14. The van der Waals surface area contributed by atoms with Crippen molar-refractivity contribution >= 4 is 34.0 Å². The first kappa shape index (κ1) is 25.8. The van der Waals surface area contributed by atoms with Crippen LogP contribution < -0.4 is 10.2 Å². The molecule has 0 aliphatic carbocycles. The minimum Gasteiger partial charge on any atom is -0.423 e.